The zero-order valence-corrected chi connectivity index (χ0v) is 8.50. The molecule has 0 spiro atoms. The van der Waals surface area contributed by atoms with Gasteiger partial charge in [0.2, 0.25) is 5.82 Å². The van der Waals surface area contributed by atoms with Crippen LogP contribution in [-0.2, 0) is 0 Å². The number of nitrogens with one attached hydrogen (secondary N) is 1. The number of hydrogen-bond acceptors (Lipinski definition) is 3. The second kappa shape index (κ2) is 3.43. The van der Waals surface area contributed by atoms with E-state index in [2.05, 4.69) is 9.97 Å². The van der Waals surface area contributed by atoms with Crippen molar-refractivity contribution in [3.05, 3.63) is 23.0 Å². The number of hydrogen-bond donors (Lipinski definition) is 2. The Morgan fingerprint density at radius 1 is 1.60 bits per heavy atom. The van der Waals surface area contributed by atoms with Crippen LogP contribution in [0.15, 0.2) is 12.1 Å². The summed E-state index contributed by atoms with van der Waals surface area (Å²) in [7, 11) is 1.48. The lowest BCUT2D eigenvalue weighted by atomic mass is 10.3. The maximum atomic E-state index is 10.7. The fourth-order valence-corrected chi connectivity index (χ4v) is 1.57. The molecule has 0 aliphatic rings. The van der Waals surface area contributed by atoms with Gasteiger partial charge in [0, 0.05) is 0 Å². The number of methoxy groups -OCH3 is 1. The number of aromatic carboxylic acids is 1. The maximum absolute atomic E-state index is 10.7. The first kappa shape index (κ1) is 9.79. The Morgan fingerprint density at radius 3 is 2.93 bits per heavy atom. The molecular weight excluding hydrogens is 220 g/mol. The molecule has 0 unspecified atom stereocenters. The molecule has 0 fully saturated rings. The minimum absolute atomic E-state index is 0.139. The summed E-state index contributed by atoms with van der Waals surface area (Å²) >= 11 is 5.96. The van der Waals surface area contributed by atoms with Gasteiger partial charge in [0.1, 0.15) is 16.3 Å². The number of carbonyl (C=O) groups is 1. The number of fused-ring (bicyclic) bond motifs is 1. The molecule has 1 heterocycles. The molecule has 6 heteroatoms. The molecule has 1 aromatic carbocycles. The Bertz CT molecular complexity index is 535. The van der Waals surface area contributed by atoms with Crippen LogP contribution in [0.5, 0.6) is 5.75 Å². The standard InChI is InChI=1S/C9H7ClN2O3/c1-15-5-3-2-4-7(6(5)10)12-8(11-4)9(13)14/h2-3H,1H3,(H,11,12)(H,13,14). The number of halogens is 1. The van der Waals surface area contributed by atoms with E-state index in [1.165, 1.54) is 7.11 Å². The molecule has 2 N–H and O–H groups in total. The number of carboxylic acids is 1. The molecule has 0 amide bonds. The molecule has 0 aliphatic carbocycles. The summed E-state index contributed by atoms with van der Waals surface area (Å²) in [5, 5.41) is 9.04. The average molecular weight is 227 g/mol. The molecule has 78 valence electrons. The van der Waals surface area contributed by atoms with Crippen LogP contribution in [0, 0.1) is 0 Å². The minimum atomic E-state index is -1.12. The third-order valence-corrected chi connectivity index (χ3v) is 2.35. The third-order valence-electron chi connectivity index (χ3n) is 1.98. The molecule has 15 heavy (non-hydrogen) atoms. The molecule has 0 saturated carbocycles. The predicted molar refractivity (Wildman–Crippen MR) is 54.6 cm³/mol. The third kappa shape index (κ3) is 1.50. The van der Waals surface area contributed by atoms with Gasteiger partial charge in [0.15, 0.2) is 0 Å². The van der Waals surface area contributed by atoms with Gasteiger partial charge in [-0.05, 0) is 12.1 Å². The van der Waals surface area contributed by atoms with Crippen molar-refractivity contribution in [3.8, 4) is 5.75 Å². The zero-order valence-electron chi connectivity index (χ0n) is 7.74. The number of carboxylic acid groups (broad SMARTS) is 1. The van der Waals surface area contributed by atoms with Gasteiger partial charge in [-0.1, -0.05) is 11.6 Å². The number of imidazole rings is 1. The Balaban J connectivity index is 2.71. The van der Waals surface area contributed by atoms with Gasteiger partial charge in [-0.15, -0.1) is 0 Å². The molecule has 0 atom stereocenters. The van der Waals surface area contributed by atoms with Gasteiger partial charge in [-0.2, -0.15) is 0 Å². The van der Waals surface area contributed by atoms with Crippen LogP contribution in [0.3, 0.4) is 0 Å². The first-order valence-electron chi connectivity index (χ1n) is 4.09. The van der Waals surface area contributed by atoms with Crippen molar-refractivity contribution in [2.45, 2.75) is 0 Å². The van der Waals surface area contributed by atoms with Crippen LogP contribution in [0.2, 0.25) is 5.02 Å². The lowest BCUT2D eigenvalue weighted by molar-refractivity contribution is 0.0685. The normalized spacial score (nSPS) is 10.5. The van der Waals surface area contributed by atoms with Gasteiger partial charge >= 0.3 is 5.97 Å². The predicted octanol–water partition coefficient (Wildman–Crippen LogP) is 1.92. The number of rotatable bonds is 2. The van der Waals surface area contributed by atoms with Crippen LogP contribution < -0.4 is 4.74 Å². The van der Waals surface area contributed by atoms with Crippen LogP contribution in [0.1, 0.15) is 10.6 Å². The van der Waals surface area contributed by atoms with E-state index < -0.39 is 5.97 Å². The SMILES string of the molecule is COc1ccc2[nH]c(C(=O)O)nc2c1Cl. The van der Waals surface area contributed by atoms with Gasteiger partial charge in [0.25, 0.3) is 0 Å². The van der Waals surface area contributed by atoms with Crippen molar-refractivity contribution in [1.29, 1.82) is 0 Å². The van der Waals surface area contributed by atoms with Crippen LogP contribution in [0.4, 0.5) is 0 Å². The van der Waals surface area contributed by atoms with E-state index >= 15 is 0 Å². The highest BCUT2D eigenvalue weighted by Gasteiger charge is 2.14. The van der Waals surface area contributed by atoms with Crippen molar-refractivity contribution in [2.75, 3.05) is 7.11 Å². The maximum Gasteiger partial charge on any atom is 0.371 e. The van der Waals surface area contributed by atoms with Crippen molar-refractivity contribution < 1.29 is 14.6 Å². The smallest absolute Gasteiger partial charge is 0.371 e. The second-order valence-corrected chi connectivity index (χ2v) is 3.25. The summed E-state index contributed by atoms with van der Waals surface area (Å²) < 4.78 is 4.99. The Kier molecular flexibility index (Phi) is 2.24. The van der Waals surface area contributed by atoms with Crippen LogP contribution in [-0.4, -0.2) is 28.2 Å². The largest absolute Gasteiger partial charge is 0.495 e. The fraction of sp³-hybridized carbons (Fsp3) is 0.111. The highest BCUT2D eigenvalue weighted by atomic mass is 35.5. The number of benzene rings is 1. The highest BCUT2D eigenvalue weighted by molar-refractivity contribution is 6.36. The fourth-order valence-electron chi connectivity index (χ4n) is 1.28. The topological polar surface area (TPSA) is 75.2 Å². The molecule has 0 saturated heterocycles. The summed E-state index contributed by atoms with van der Waals surface area (Å²) in [5.41, 5.74) is 0.964. The molecule has 1 aromatic heterocycles. The lowest BCUT2D eigenvalue weighted by Gasteiger charge is -2.01. The first-order valence-corrected chi connectivity index (χ1v) is 4.46. The van der Waals surface area contributed by atoms with Crippen LogP contribution >= 0.6 is 11.6 Å². The summed E-state index contributed by atoms with van der Waals surface area (Å²) in [6, 6.07) is 3.31. The van der Waals surface area contributed by atoms with Crippen molar-refractivity contribution >= 4 is 28.6 Å². The number of H-pyrrole nitrogens is 1. The highest BCUT2D eigenvalue weighted by Crippen LogP contribution is 2.31. The summed E-state index contributed by atoms with van der Waals surface area (Å²) in [4.78, 5) is 17.2. The summed E-state index contributed by atoms with van der Waals surface area (Å²) in [6.07, 6.45) is 0. The number of ether oxygens (including phenoxy) is 1. The molecule has 0 aliphatic heterocycles. The zero-order chi connectivity index (χ0) is 11.0. The lowest BCUT2D eigenvalue weighted by Crippen LogP contribution is -1.97. The minimum Gasteiger partial charge on any atom is -0.495 e. The van der Waals surface area contributed by atoms with Gasteiger partial charge in [0.05, 0.1) is 12.6 Å². The quantitative estimate of drug-likeness (QED) is 0.820. The number of nitrogens with zero attached hydrogens (tertiary/aromatic N) is 1. The van der Waals surface area contributed by atoms with Gasteiger partial charge in [-0.3, -0.25) is 0 Å². The molecule has 2 rings (SSSR count). The Labute approximate surface area is 89.6 Å². The van der Waals surface area contributed by atoms with E-state index in [1.54, 1.807) is 12.1 Å². The van der Waals surface area contributed by atoms with E-state index in [4.69, 9.17) is 21.4 Å². The Morgan fingerprint density at radius 2 is 2.33 bits per heavy atom. The molecule has 5 nitrogen and oxygen atoms in total. The number of aromatic amines is 1. The van der Waals surface area contributed by atoms with E-state index in [-0.39, 0.29) is 5.82 Å². The van der Waals surface area contributed by atoms with Crippen LogP contribution in [0.25, 0.3) is 11.0 Å². The molecular formula is C9H7ClN2O3. The second-order valence-electron chi connectivity index (χ2n) is 2.87. The average Bonchev–Trinajstić information content (AvgIpc) is 2.63. The monoisotopic (exact) mass is 226 g/mol. The first-order chi connectivity index (χ1) is 7.13. The van der Waals surface area contributed by atoms with Crippen molar-refractivity contribution in [2.24, 2.45) is 0 Å². The summed E-state index contributed by atoms with van der Waals surface area (Å²) in [5.74, 6) is -0.797. The van der Waals surface area contributed by atoms with E-state index in [0.29, 0.717) is 21.8 Å². The van der Waals surface area contributed by atoms with E-state index in [0.717, 1.165) is 0 Å². The van der Waals surface area contributed by atoms with E-state index in [1.807, 2.05) is 0 Å². The van der Waals surface area contributed by atoms with Gasteiger partial charge in [-0.25, -0.2) is 9.78 Å². The summed E-state index contributed by atoms with van der Waals surface area (Å²) in [6.45, 7) is 0. The van der Waals surface area contributed by atoms with Gasteiger partial charge < -0.3 is 14.8 Å². The molecule has 0 radical (unpaired) electrons. The van der Waals surface area contributed by atoms with E-state index in [9.17, 15) is 4.79 Å². The molecule has 2 aromatic rings. The number of aromatic nitrogens is 2. The Hall–Kier alpha value is -1.75. The van der Waals surface area contributed by atoms with Crippen molar-refractivity contribution in [1.82, 2.24) is 9.97 Å². The molecule has 0 bridgehead atoms. The van der Waals surface area contributed by atoms with Crippen molar-refractivity contribution in [3.63, 3.8) is 0 Å².